The molecule has 30 heavy (non-hydrogen) atoms. The zero-order chi connectivity index (χ0) is 21.5. The number of methoxy groups -OCH3 is 1. The fourth-order valence-corrected chi connectivity index (χ4v) is 3.12. The van der Waals surface area contributed by atoms with E-state index in [0.717, 1.165) is 0 Å². The summed E-state index contributed by atoms with van der Waals surface area (Å²) in [7, 11) is 1.59. The summed E-state index contributed by atoms with van der Waals surface area (Å²) in [6.45, 7) is 5.32. The molecule has 8 heteroatoms. The fourth-order valence-electron chi connectivity index (χ4n) is 3.12. The molecule has 0 fully saturated rings. The zero-order valence-electron chi connectivity index (χ0n) is 17.4. The number of carbonyl (C=O) groups is 2. The average Bonchev–Trinajstić information content (AvgIpc) is 2.77. The van der Waals surface area contributed by atoms with Crippen molar-refractivity contribution in [1.82, 2.24) is 4.90 Å². The second-order valence-electron chi connectivity index (χ2n) is 6.86. The Kier molecular flexibility index (Phi) is 7.13. The van der Waals surface area contributed by atoms with Gasteiger partial charge in [-0.15, -0.1) is 0 Å². The van der Waals surface area contributed by atoms with E-state index in [2.05, 4.69) is 10.6 Å². The first-order valence-electron chi connectivity index (χ1n) is 9.88. The van der Waals surface area contributed by atoms with Crippen molar-refractivity contribution in [3.8, 4) is 17.2 Å². The van der Waals surface area contributed by atoms with Gasteiger partial charge in [0.25, 0.3) is 0 Å². The van der Waals surface area contributed by atoms with Gasteiger partial charge in [-0.2, -0.15) is 0 Å². The van der Waals surface area contributed by atoms with Crippen molar-refractivity contribution in [2.45, 2.75) is 19.9 Å². The van der Waals surface area contributed by atoms with E-state index in [9.17, 15) is 9.59 Å². The third-order valence-corrected chi connectivity index (χ3v) is 4.86. The number of carbonyl (C=O) groups excluding carboxylic acids is 2. The minimum Gasteiger partial charge on any atom is -0.497 e. The zero-order valence-corrected chi connectivity index (χ0v) is 17.4. The highest BCUT2D eigenvalue weighted by Gasteiger charge is 2.23. The smallest absolute Gasteiger partial charge is 0.241 e. The predicted octanol–water partition coefficient (Wildman–Crippen LogP) is 2.75. The van der Waals surface area contributed by atoms with E-state index in [4.69, 9.17) is 14.2 Å². The van der Waals surface area contributed by atoms with Crippen LogP contribution in [0.5, 0.6) is 17.2 Å². The summed E-state index contributed by atoms with van der Waals surface area (Å²) in [6.07, 6.45) is 0. The minimum absolute atomic E-state index is 0.0955. The largest absolute Gasteiger partial charge is 0.497 e. The van der Waals surface area contributed by atoms with Gasteiger partial charge in [-0.1, -0.05) is 6.92 Å². The molecule has 0 radical (unpaired) electrons. The van der Waals surface area contributed by atoms with Crippen molar-refractivity contribution in [3.63, 3.8) is 0 Å². The van der Waals surface area contributed by atoms with E-state index >= 15 is 0 Å². The molecule has 1 atom stereocenters. The maximum atomic E-state index is 12.7. The van der Waals surface area contributed by atoms with Crippen LogP contribution < -0.4 is 24.8 Å². The lowest BCUT2D eigenvalue weighted by Crippen LogP contribution is -2.45. The lowest BCUT2D eigenvalue weighted by atomic mass is 10.2. The first-order valence-corrected chi connectivity index (χ1v) is 9.88. The van der Waals surface area contributed by atoms with Gasteiger partial charge in [0.15, 0.2) is 11.5 Å². The first kappa shape index (κ1) is 21.4. The van der Waals surface area contributed by atoms with Crippen molar-refractivity contribution in [2.24, 2.45) is 0 Å². The standard InChI is InChI=1S/C22H27N3O5/c1-4-25(14-21(26)23-16-5-8-18(28-3)9-6-16)15(2)22(27)24-17-7-10-19-20(13-17)30-12-11-29-19/h5-10,13,15H,4,11-12,14H2,1-3H3,(H,23,26)(H,24,27)/t15-/m1/s1. The molecular weight excluding hydrogens is 386 g/mol. The third-order valence-electron chi connectivity index (χ3n) is 4.86. The molecule has 0 aliphatic carbocycles. The van der Waals surface area contributed by atoms with Crippen molar-refractivity contribution >= 4 is 23.2 Å². The van der Waals surface area contributed by atoms with Crippen LogP contribution in [0.2, 0.25) is 0 Å². The van der Waals surface area contributed by atoms with Gasteiger partial charge < -0.3 is 24.8 Å². The van der Waals surface area contributed by atoms with Gasteiger partial charge in [-0.25, -0.2) is 0 Å². The normalized spacial score (nSPS) is 13.5. The Labute approximate surface area is 176 Å². The van der Waals surface area contributed by atoms with Crippen LogP contribution >= 0.6 is 0 Å². The van der Waals surface area contributed by atoms with Gasteiger partial charge >= 0.3 is 0 Å². The molecule has 0 saturated carbocycles. The van der Waals surface area contributed by atoms with Gasteiger partial charge in [-0.3, -0.25) is 14.5 Å². The van der Waals surface area contributed by atoms with Crippen LogP contribution in [0.25, 0.3) is 0 Å². The quantitative estimate of drug-likeness (QED) is 0.692. The topological polar surface area (TPSA) is 89.1 Å². The molecule has 0 saturated heterocycles. The Balaban J connectivity index is 1.56. The third kappa shape index (κ3) is 5.42. The van der Waals surface area contributed by atoms with Crippen molar-refractivity contribution in [1.29, 1.82) is 0 Å². The Hall–Kier alpha value is -3.26. The second kappa shape index (κ2) is 9.98. The van der Waals surface area contributed by atoms with E-state index in [1.165, 1.54) is 0 Å². The van der Waals surface area contributed by atoms with Crippen molar-refractivity contribution < 1.29 is 23.8 Å². The number of anilines is 2. The van der Waals surface area contributed by atoms with Gasteiger partial charge in [0.2, 0.25) is 11.8 Å². The van der Waals surface area contributed by atoms with Crippen LogP contribution in [0, 0.1) is 0 Å². The number of fused-ring (bicyclic) bond motifs is 1. The molecule has 2 N–H and O–H groups in total. The molecule has 0 bridgehead atoms. The SMILES string of the molecule is CCN(CC(=O)Nc1ccc(OC)cc1)[C@H](C)C(=O)Nc1ccc2c(c1)OCCO2. The molecule has 1 aliphatic rings. The number of nitrogens with zero attached hydrogens (tertiary/aromatic N) is 1. The highest BCUT2D eigenvalue weighted by atomic mass is 16.6. The summed E-state index contributed by atoms with van der Waals surface area (Å²) in [4.78, 5) is 27.0. The van der Waals surface area contributed by atoms with E-state index in [0.29, 0.717) is 48.4 Å². The van der Waals surface area contributed by atoms with Crippen LogP contribution in [0.4, 0.5) is 11.4 Å². The summed E-state index contributed by atoms with van der Waals surface area (Å²) in [5.74, 6) is 1.59. The van der Waals surface area contributed by atoms with E-state index < -0.39 is 6.04 Å². The Morgan fingerprint density at radius 1 is 1.03 bits per heavy atom. The van der Waals surface area contributed by atoms with Crippen molar-refractivity contribution in [3.05, 3.63) is 42.5 Å². The highest BCUT2D eigenvalue weighted by molar-refractivity contribution is 5.96. The molecule has 0 aromatic heterocycles. The molecule has 0 unspecified atom stereocenters. The van der Waals surface area contributed by atoms with E-state index in [-0.39, 0.29) is 18.4 Å². The molecule has 1 aliphatic heterocycles. The van der Waals surface area contributed by atoms with Gasteiger partial charge in [0.1, 0.15) is 19.0 Å². The number of likely N-dealkylation sites (N-methyl/N-ethyl adjacent to an activating group) is 1. The molecule has 2 amide bonds. The summed E-state index contributed by atoms with van der Waals surface area (Å²) in [5.41, 5.74) is 1.29. The summed E-state index contributed by atoms with van der Waals surface area (Å²) in [6, 6.07) is 11.9. The number of nitrogens with one attached hydrogen (secondary N) is 2. The molecule has 0 spiro atoms. The van der Waals surface area contributed by atoms with Crippen LogP contribution in [-0.4, -0.2) is 56.2 Å². The van der Waals surface area contributed by atoms with Gasteiger partial charge in [0.05, 0.1) is 19.7 Å². The lowest BCUT2D eigenvalue weighted by Gasteiger charge is -2.26. The molecule has 2 aromatic carbocycles. The molecule has 3 rings (SSSR count). The summed E-state index contributed by atoms with van der Waals surface area (Å²) >= 11 is 0. The Morgan fingerprint density at radius 2 is 1.70 bits per heavy atom. The molecule has 160 valence electrons. The number of amides is 2. The first-order chi connectivity index (χ1) is 14.5. The fraction of sp³-hybridized carbons (Fsp3) is 0.364. The number of hydrogen-bond acceptors (Lipinski definition) is 6. The molecule has 8 nitrogen and oxygen atoms in total. The molecule has 1 heterocycles. The van der Waals surface area contributed by atoms with Crippen LogP contribution in [0.3, 0.4) is 0 Å². The molecular formula is C22H27N3O5. The maximum absolute atomic E-state index is 12.7. The number of hydrogen-bond donors (Lipinski definition) is 2. The number of benzene rings is 2. The van der Waals surface area contributed by atoms with Gasteiger partial charge in [0, 0.05) is 17.4 Å². The monoisotopic (exact) mass is 413 g/mol. The number of rotatable bonds is 8. The Bertz CT molecular complexity index is 885. The summed E-state index contributed by atoms with van der Waals surface area (Å²) < 4.78 is 16.2. The van der Waals surface area contributed by atoms with E-state index in [1.54, 1.807) is 61.4 Å². The number of ether oxygens (including phenoxy) is 3. The molecule has 2 aromatic rings. The van der Waals surface area contributed by atoms with Crippen molar-refractivity contribution in [2.75, 3.05) is 44.0 Å². The predicted molar refractivity (Wildman–Crippen MR) is 114 cm³/mol. The maximum Gasteiger partial charge on any atom is 0.241 e. The lowest BCUT2D eigenvalue weighted by molar-refractivity contribution is -0.123. The Morgan fingerprint density at radius 3 is 2.37 bits per heavy atom. The van der Waals surface area contributed by atoms with E-state index in [1.807, 2.05) is 6.92 Å². The average molecular weight is 413 g/mol. The van der Waals surface area contributed by atoms with Crippen LogP contribution in [0.15, 0.2) is 42.5 Å². The minimum atomic E-state index is -0.496. The second-order valence-corrected chi connectivity index (χ2v) is 6.86. The summed E-state index contributed by atoms with van der Waals surface area (Å²) in [5, 5.41) is 5.72. The van der Waals surface area contributed by atoms with Crippen LogP contribution in [0.1, 0.15) is 13.8 Å². The van der Waals surface area contributed by atoms with Gasteiger partial charge in [-0.05, 0) is 49.9 Å². The highest BCUT2D eigenvalue weighted by Crippen LogP contribution is 2.32. The van der Waals surface area contributed by atoms with Crippen LogP contribution in [-0.2, 0) is 9.59 Å².